The molecule has 0 aliphatic carbocycles. The minimum atomic E-state index is -1.35. The molecular formula is C59H64N7O16+. The zero-order valence-corrected chi connectivity index (χ0v) is 45.6. The number of aliphatic hydroxyl groups is 1. The van der Waals surface area contributed by atoms with Crippen LogP contribution in [0.2, 0.25) is 0 Å². The Morgan fingerprint density at radius 3 is 2.10 bits per heavy atom. The third-order valence-corrected chi connectivity index (χ3v) is 14.1. The fourth-order valence-electron chi connectivity index (χ4n) is 9.89. The molecule has 2 aliphatic heterocycles. The molecule has 1 fully saturated rings. The molecule has 0 bridgehead atoms. The molecule has 23 nitrogen and oxygen atoms in total. The Morgan fingerprint density at radius 2 is 1.38 bits per heavy atom. The van der Waals surface area contributed by atoms with Crippen molar-refractivity contribution in [1.29, 1.82) is 0 Å². The Morgan fingerprint density at radius 1 is 0.683 bits per heavy atom. The molecule has 6 aromatic rings. The van der Waals surface area contributed by atoms with Crippen LogP contribution in [0.4, 0.5) is 17.1 Å². The van der Waals surface area contributed by atoms with Crippen LogP contribution in [0, 0.1) is 0 Å². The van der Waals surface area contributed by atoms with E-state index in [9.17, 15) is 43.8 Å². The van der Waals surface area contributed by atoms with Gasteiger partial charge in [0.2, 0.25) is 24.0 Å². The summed E-state index contributed by atoms with van der Waals surface area (Å²) in [7, 11) is 6.07. The van der Waals surface area contributed by atoms with E-state index in [0.29, 0.717) is 66.4 Å². The van der Waals surface area contributed by atoms with Crippen LogP contribution in [0.3, 0.4) is 0 Å². The Balaban J connectivity index is 1.02. The van der Waals surface area contributed by atoms with Gasteiger partial charge in [-0.2, -0.15) is 0 Å². The summed E-state index contributed by atoms with van der Waals surface area (Å²) in [6.45, 7) is 1.72. The average molecular weight is 1130 g/mol. The van der Waals surface area contributed by atoms with Crippen LogP contribution in [0.15, 0.2) is 103 Å². The minimum absolute atomic E-state index is 0.0427. The van der Waals surface area contributed by atoms with Gasteiger partial charge in [0.1, 0.15) is 25.3 Å². The lowest BCUT2D eigenvalue weighted by Crippen LogP contribution is -2.51. The number of hydrogen-bond donors (Lipinski definition) is 8. The molecule has 8 N–H and O–H groups in total. The van der Waals surface area contributed by atoms with Crippen LogP contribution in [0.25, 0.3) is 10.9 Å². The number of aliphatic carboxylic acids is 2. The van der Waals surface area contributed by atoms with E-state index in [1.54, 1.807) is 44.6 Å². The molecule has 0 radical (unpaired) electrons. The number of carboxylic acid groups (broad SMARTS) is 2. The van der Waals surface area contributed by atoms with Gasteiger partial charge in [-0.3, -0.25) is 33.8 Å². The van der Waals surface area contributed by atoms with Crippen molar-refractivity contribution in [3.8, 4) is 28.7 Å². The molecule has 4 atom stereocenters. The number of benzene rings is 5. The first-order chi connectivity index (χ1) is 39.4. The quantitative estimate of drug-likeness (QED) is 0.0276. The molecule has 82 heavy (non-hydrogen) atoms. The number of ether oxygens (including phenoxy) is 6. The predicted molar refractivity (Wildman–Crippen MR) is 298 cm³/mol. The van der Waals surface area contributed by atoms with Crippen molar-refractivity contribution in [2.75, 3.05) is 70.6 Å². The van der Waals surface area contributed by atoms with Gasteiger partial charge in [0.25, 0.3) is 11.8 Å². The molecule has 5 aromatic carbocycles. The van der Waals surface area contributed by atoms with Crippen LogP contribution in [-0.2, 0) is 54.6 Å². The van der Waals surface area contributed by atoms with E-state index in [1.807, 2.05) is 54.6 Å². The molecule has 5 amide bonds. The monoisotopic (exact) mass is 1130 g/mol. The molecule has 0 spiro atoms. The normalized spacial score (nSPS) is 17.3. The fourth-order valence-corrected chi connectivity index (χ4v) is 9.89. The van der Waals surface area contributed by atoms with E-state index < -0.39 is 72.9 Å². The van der Waals surface area contributed by atoms with E-state index in [2.05, 4.69) is 31.6 Å². The third-order valence-electron chi connectivity index (χ3n) is 14.1. The first kappa shape index (κ1) is 58.8. The lowest BCUT2D eigenvalue weighted by atomic mass is 9.94. The van der Waals surface area contributed by atoms with Gasteiger partial charge < -0.3 is 74.8 Å². The van der Waals surface area contributed by atoms with Crippen molar-refractivity contribution in [3.63, 3.8) is 0 Å². The zero-order valence-electron chi connectivity index (χ0n) is 45.6. The second kappa shape index (κ2) is 26.8. The molecule has 3 heterocycles. The number of amides is 5. The number of methoxy groups -OCH3 is 4. The number of aliphatic hydroxyl groups excluding tert-OH is 1. The van der Waals surface area contributed by atoms with Gasteiger partial charge in [0.05, 0.1) is 82.2 Å². The number of aromatic nitrogens is 1. The number of nitrogens with zero attached hydrogens (tertiary/aromatic N) is 2. The van der Waals surface area contributed by atoms with Crippen molar-refractivity contribution in [2.24, 2.45) is 0 Å². The van der Waals surface area contributed by atoms with Crippen LogP contribution in [0.1, 0.15) is 68.7 Å². The van der Waals surface area contributed by atoms with Gasteiger partial charge in [-0.25, -0.2) is 4.79 Å². The Kier molecular flexibility index (Phi) is 19.2. The summed E-state index contributed by atoms with van der Waals surface area (Å²) in [4.78, 5) is 92.5. The molecule has 2 aliphatic rings. The summed E-state index contributed by atoms with van der Waals surface area (Å²) in [5, 5.41) is 43.2. The number of hydrogen-bond acceptors (Lipinski definition) is 15. The second-order valence-electron chi connectivity index (χ2n) is 19.8. The van der Waals surface area contributed by atoms with Crippen molar-refractivity contribution >= 4 is 69.4 Å². The molecule has 23 heteroatoms. The SMILES string of the molecule is COc1cc2c(cc1OC)C[N+](CCc1ccc(NC(=O)c3cc(OC)c(OC)cc3NC(=O)c3cnc4ccccc4c3)cc1)(Cc1ccc(OC3C[C@@H](O)C[C@@H](C(=O)O)O3)c(NC(=O)CCNC(=O)CNC(=O)CC(=O)O)c1)CC2. The molecular weight excluding hydrogens is 1060 g/mol. The number of nitrogens with one attached hydrogen (secondary N) is 5. The maximum atomic E-state index is 14.1. The number of pyridine rings is 1. The average Bonchev–Trinajstić information content (AvgIpc) is 3.31. The second-order valence-corrected chi connectivity index (χ2v) is 19.8. The highest BCUT2D eigenvalue weighted by Crippen LogP contribution is 2.39. The van der Waals surface area contributed by atoms with Gasteiger partial charge in [-0.15, -0.1) is 0 Å². The minimum Gasteiger partial charge on any atom is -0.493 e. The van der Waals surface area contributed by atoms with Crippen LogP contribution >= 0.6 is 0 Å². The van der Waals surface area contributed by atoms with E-state index in [1.165, 1.54) is 32.5 Å². The summed E-state index contributed by atoms with van der Waals surface area (Å²) in [5.41, 5.74) is 5.95. The molecule has 430 valence electrons. The van der Waals surface area contributed by atoms with Crippen LogP contribution in [-0.4, -0.2) is 139 Å². The Hall–Kier alpha value is -9.32. The van der Waals surface area contributed by atoms with E-state index in [4.69, 9.17) is 33.5 Å². The number of quaternary nitrogens is 1. The topological polar surface area (TPSA) is 309 Å². The number of carbonyl (C=O) groups excluding carboxylic acids is 5. The van der Waals surface area contributed by atoms with E-state index >= 15 is 0 Å². The van der Waals surface area contributed by atoms with Crippen LogP contribution < -0.4 is 50.3 Å². The Bertz CT molecular complexity index is 3370. The number of anilines is 3. The summed E-state index contributed by atoms with van der Waals surface area (Å²) < 4.78 is 34.8. The highest BCUT2D eigenvalue weighted by atomic mass is 16.7. The molecule has 2 unspecified atom stereocenters. The van der Waals surface area contributed by atoms with Crippen molar-refractivity contribution in [1.82, 2.24) is 15.6 Å². The lowest BCUT2D eigenvalue weighted by Gasteiger charge is -2.43. The largest absolute Gasteiger partial charge is 0.493 e. The van der Waals surface area contributed by atoms with Gasteiger partial charge in [0.15, 0.2) is 29.1 Å². The predicted octanol–water partition coefficient (Wildman–Crippen LogP) is 5.45. The molecule has 1 saturated heterocycles. The van der Waals surface area contributed by atoms with E-state index in [0.717, 1.165) is 33.2 Å². The number of fused-ring (bicyclic) bond motifs is 2. The fraction of sp³-hybridized carbons (Fsp3) is 0.322. The van der Waals surface area contributed by atoms with Gasteiger partial charge in [0, 0.05) is 73.1 Å². The zero-order chi connectivity index (χ0) is 58.5. The maximum absolute atomic E-state index is 14.1. The van der Waals surface area contributed by atoms with E-state index in [-0.39, 0.29) is 59.8 Å². The Labute approximate surface area is 471 Å². The molecule has 8 rings (SSSR count). The van der Waals surface area contributed by atoms with Crippen molar-refractivity contribution in [3.05, 3.63) is 137 Å². The number of carbonyl (C=O) groups is 7. The van der Waals surface area contributed by atoms with Crippen molar-refractivity contribution in [2.45, 2.75) is 70.1 Å². The summed E-state index contributed by atoms with van der Waals surface area (Å²) in [6.07, 6.45) is -2.00. The number of rotatable bonds is 24. The molecule has 0 saturated carbocycles. The highest BCUT2D eigenvalue weighted by Gasteiger charge is 2.37. The first-order valence-corrected chi connectivity index (χ1v) is 26.3. The van der Waals surface area contributed by atoms with Crippen LogP contribution in [0.5, 0.6) is 28.7 Å². The van der Waals surface area contributed by atoms with Crippen molar-refractivity contribution < 1.29 is 81.8 Å². The smallest absolute Gasteiger partial charge is 0.333 e. The highest BCUT2D eigenvalue weighted by molar-refractivity contribution is 6.13. The third kappa shape index (κ3) is 15.1. The molecule has 1 aromatic heterocycles. The van der Waals surface area contributed by atoms with Gasteiger partial charge in [-0.1, -0.05) is 30.3 Å². The number of para-hydroxylation sites is 1. The van der Waals surface area contributed by atoms with Gasteiger partial charge in [-0.05, 0) is 71.8 Å². The summed E-state index contributed by atoms with van der Waals surface area (Å²) in [5.74, 6) is -3.75. The summed E-state index contributed by atoms with van der Waals surface area (Å²) >= 11 is 0. The number of carboxylic acids is 2. The lowest BCUT2D eigenvalue weighted by molar-refractivity contribution is -0.955. The maximum Gasteiger partial charge on any atom is 0.333 e. The van der Waals surface area contributed by atoms with Gasteiger partial charge >= 0.3 is 11.9 Å². The summed E-state index contributed by atoms with van der Waals surface area (Å²) in [6, 6.07) is 28.8. The standard InChI is InChI=1S/C59H63N7O16/c1-77-47-23-36-17-20-66(33-39(36)24-48(47)78-2,32-35-11-14-46(81-56-26-41(67)25-51(82-56)59(75)76)45(21-35)64-52(68)15-18-60-54(70)31-62-53(69)29-55(71)72)19-16-34-9-12-40(13-10-34)63-58(74)42-27-49(79-3)50(80-4)28-44(42)65-57(73)38-22-37-7-5-6-8-43(37)61-30-38/h5-14,21-24,27-28,30,41,51,56,67H,15-20,25-26,29,31-33H2,1-4H3,(H6-,60,62,63,64,65,68,69,70,71,72,73,74,75,76)/p+1/t41-,51-,56?,66?/m0/s1. The first-order valence-electron chi connectivity index (χ1n) is 26.3.